The van der Waals surface area contributed by atoms with Crippen molar-refractivity contribution >= 4 is 50.3 Å². The molecule has 6 heteroatoms. The molecule has 2 aromatic heterocycles. The van der Waals surface area contributed by atoms with E-state index in [1.54, 1.807) is 0 Å². The maximum Gasteiger partial charge on any atom is 0.165 e. The van der Waals surface area contributed by atoms with Gasteiger partial charge in [-0.1, -0.05) is 27.5 Å². The van der Waals surface area contributed by atoms with Crippen molar-refractivity contribution in [1.29, 1.82) is 0 Å². The monoisotopic (exact) mass is 369 g/mol. The minimum Gasteiger partial charge on any atom is -0.278 e. The molecule has 0 aliphatic carbocycles. The van der Waals surface area contributed by atoms with Crippen molar-refractivity contribution in [2.45, 2.75) is 12.8 Å². The quantitative estimate of drug-likeness (QED) is 0.601. The fourth-order valence-corrected chi connectivity index (χ4v) is 2.83. The molecule has 3 nitrogen and oxygen atoms in total. The zero-order valence-electron chi connectivity index (χ0n) is 10.6. The summed E-state index contributed by atoms with van der Waals surface area (Å²) in [5.74, 6) is 1.01. The highest BCUT2D eigenvalue weighted by atomic mass is 79.9. The summed E-state index contributed by atoms with van der Waals surface area (Å²) >= 11 is 15.8. The smallest absolute Gasteiger partial charge is 0.165 e. The lowest BCUT2D eigenvalue weighted by Gasteiger charge is -2.10. The number of aromatic nitrogens is 3. The van der Waals surface area contributed by atoms with Crippen molar-refractivity contribution in [2.24, 2.45) is 0 Å². The molecule has 0 unspecified atom stereocenters. The van der Waals surface area contributed by atoms with Crippen LogP contribution in [0.4, 0.5) is 0 Å². The van der Waals surface area contributed by atoms with Gasteiger partial charge in [0.2, 0.25) is 0 Å². The maximum absolute atomic E-state index is 6.32. The summed E-state index contributed by atoms with van der Waals surface area (Å²) in [7, 11) is 0. The molecule has 0 atom stereocenters. The van der Waals surface area contributed by atoms with E-state index in [2.05, 4.69) is 25.9 Å². The summed E-state index contributed by atoms with van der Waals surface area (Å²) in [6.45, 7) is 1.94. The topological polar surface area (TPSA) is 30.7 Å². The number of imidazole rings is 1. The molecule has 1 aromatic carbocycles. The molecule has 2 heterocycles. The van der Waals surface area contributed by atoms with Gasteiger partial charge in [-0.15, -0.1) is 11.6 Å². The molecule has 0 saturated heterocycles. The zero-order chi connectivity index (χ0) is 14.3. The molecule has 0 amide bonds. The summed E-state index contributed by atoms with van der Waals surface area (Å²) in [6.07, 6.45) is 0. The van der Waals surface area contributed by atoms with Gasteiger partial charge in [0.15, 0.2) is 5.65 Å². The van der Waals surface area contributed by atoms with Crippen LogP contribution in [-0.2, 0) is 5.88 Å². The summed E-state index contributed by atoms with van der Waals surface area (Å²) in [4.78, 5) is 9.07. The number of nitrogens with zero attached hydrogens (tertiary/aromatic N) is 3. The van der Waals surface area contributed by atoms with Crippen LogP contribution in [0.15, 0.2) is 34.8 Å². The first-order valence-electron chi connectivity index (χ1n) is 5.96. The van der Waals surface area contributed by atoms with Gasteiger partial charge in [0.1, 0.15) is 11.3 Å². The molecule has 20 heavy (non-hydrogen) atoms. The highest BCUT2D eigenvalue weighted by molar-refractivity contribution is 9.10. The van der Waals surface area contributed by atoms with E-state index in [4.69, 9.17) is 23.2 Å². The highest BCUT2D eigenvalue weighted by Gasteiger charge is 2.15. The third kappa shape index (κ3) is 2.32. The van der Waals surface area contributed by atoms with E-state index in [1.807, 2.05) is 41.8 Å². The van der Waals surface area contributed by atoms with Gasteiger partial charge in [0, 0.05) is 10.2 Å². The normalized spacial score (nSPS) is 11.2. The molecule has 3 aromatic rings. The number of rotatable bonds is 2. The van der Waals surface area contributed by atoms with E-state index >= 15 is 0 Å². The molecule has 0 radical (unpaired) electrons. The summed E-state index contributed by atoms with van der Waals surface area (Å²) in [5.41, 5.74) is 3.31. The van der Waals surface area contributed by atoms with Gasteiger partial charge in [-0.3, -0.25) is 4.57 Å². The predicted molar refractivity (Wildman–Crippen MR) is 85.9 cm³/mol. The summed E-state index contributed by atoms with van der Waals surface area (Å²) < 4.78 is 2.84. The van der Waals surface area contributed by atoms with Gasteiger partial charge in [-0.25, -0.2) is 9.97 Å². The van der Waals surface area contributed by atoms with Gasteiger partial charge in [-0.2, -0.15) is 0 Å². The van der Waals surface area contributed by atoms with Crippen LogP contribution < -0.4 is 0 Å². The predicted octanol–water partition coefficient (Wildman–Crippen LogP) is 4.88. The van der Waals surface area contributed by atoms with Crippen molar-refractivity contribution in [3.05, 3.63) is 51.3 Å². The number of halogens is 3. The summed E-state index contributed by atoms with van der Waals surface area (Å²) in [6, 6.07) is 9.53. The number of fused-ring (bicyclic) bond motifs is 1. The Kier molecular flexibility index (Phi) is 3.71. The lowest BCUT2D eigenvalue weighted by atomic mass is 10.3. The van der Waals surface area contributed by atoms with E-state index < -0.39 is 0 Å². The molecule has 0 fully saturated rings. The number of benzene rings is 1. The molecule has 0 saturated carbocycles. The van der Waals surface area contributed by atoms with E-state index in [0.717, 1.165) is 32.8 Å². The van der Waals surface area contributed by atoms with Crippen molar-refractivity contribution < 1.29 is 0 Å². The first-order valence-corrected chi connectivity index (χ1v) is 7.67. The van der Waals surface area contributed by atoms with Gasteiger partial charge < -0.3 is 0 Å². The third-order valence-electron chi connectivity index (χ3n) is 2.98. The van der Waals surface area contributed by atoms with Crippen molar-refractivity contribution in [1.82, 2.24) is 14.5 Å². The van der Waals surface area contributed by atoms with Crippen LogP contribution in [0.25, 0.3) is 16.9 Å². The minimum absolute atomic E-state index is 0.290. The second-order valence-corrected chi connectivity index (χ2v) is 5.98. The van der Waals surface area contributed by atoms with Gasteiger partial charge in [0.25, 0.3) is 0 Å². The van der Waals surface area contributed by atoms with Gasteiger partial charge in [0.05, 0.1) is 16.6 Å². The second kappa shape index (κ2) is 5.35. The van der Waals surface area contributed by atoms with Crippen LogP contribution >= 0.6 is 39.1 Å². The maximum atomic E-state index is 6.32. The van der Waals surface area contributed by atoms with E-state index in [1.165, 1.54) is 0 Å². The SMILES string of the molecule is Cc1ccc2nc(CCl)n(-c3cc(Br)ccc3Cl)c2n1. The van der Waals surface area contributed by atoms with E-state index in [0.29, 0.717) is 5.02 Å². The molecule has 0 aliphatic rings. The van der Waals surface area contributed by atoms with Crippen LogP contribution in [0.5, 0.6) is 0 Å². The van der Waals surface area contributed by atoms with Crippen LogP contribution in [0.1, 0.15) is 11.5 Å². The minimum atomic E-state index is 0.290. The lowest BCUT2D eigenvalue weighted by molar-refractivity contribution is 0.966. The van der Waals surface area contributed by atoms with Crippen LogP contribution in [0, 0.1) is 6.92 Å². The van der Waals surface area contributed by atoms with Crippen molar-refractivity contribution in [2.75, 3.05) is 0 Å². The lowest BCUT2D eigenvalue weighted by Crippen LogP contribution is -2.01. The molecule has 0 N–H and O–H groups in total. The number of pyridine rings is 1. The molecular weight excluding hydrogens is 361 g/mol. The average molecular weight is 371 g/mol. The first kappa shape index (κ1) is 13.9. The van der Waals surface area contributed by atoms with Gasteiger partial charge in [-0.05, 0) is 37.3 Å². The molecular formula is C14H10BrCl2N3. The van der Waals surface area contributed by atoms with Crippen molar-refractivity contribution in [3.8, 4) is 5.69 Å². The van der Waals surface area contributed by atoms with Gasteiger partial charge >= 0.3 is 0 Å². The Hall–Kier alpha value is -1.10. The molecule has 102 valence electrons. The Morgan fingerprint density at radius 2 is 2.00 bits per heavy atom. The van der Waals surface area contributed by atoms with Crippen LogP contribution in [0.3, 0.4) is 0 Å². The third-order valence-corrected chi connectivity index (χ3v) is 4.03. The molecule has 0 bridgehead atoms. The fourth-order valence-electron chi connectivity index (χ4n) is 2.10. The molecule has 0 spiro atoms. The number of hydrogen-bond acceptors (Lipinski definition) is 2. The highest BCUT2D eigenvalue weighted by Crippen LogP contribution is 2.29. The standard InChI is InChI=1S/C14H10BrCl2N3/c1-8-2-5-11-14(18-8)20(13(7-16)19-11)12-6-9(15)3-4-10(12)17/h2-6H,7H2,1H3. The Labute approximate surface area is 134 Å². The molecule has 0 aliphatic heterocycles. The number of alkyl halides is 1. The number of hydrogen-bond donors (Lipinski definition) is 0. The summed E-state index contributed by atoms with van der Waals surface area (Å²) in [5, 5.41) is 0.627. The zero-order valence-corrected chi connectivity index (χ0v) is 13.7. The first-order chi connectivity index (χ1) is 9.60. The Morgan fingerprint density at radius 3 is 2.75 bits per heavy atom. The van der Waals surface area contributed by atoms with E-state index in [9.17, 15) is 0 Å². The Morgan fingerprint density at radius 1 is 1.20 bits per heavy atom. The Balaban J connectivity index is 2.39. The number of aryl methyl sites for hydroxylation is 1. The average Bonchev–Trinajstić information content (AvgIpc) is 2.79. The Bertz CT molecular complexity index is 798. The molecule has 3 rings (SSSR count). The van der Waals surface area contributed by atoms with Crippen molar-refractivity contribution in [3.63, 3.8) is 0 Å². The van der Waals surface area contributed by atoms with Crippen LogP contribution in [0.2, 0.25) is 5.02 Å². The fraction of sp³-hybridized carbons (Fsp3) is 0.143. The van der Waals surface area contributed by atoms with E-state index in [-0.39, 0.29) is 5.88 Å². The van der Waals surface area contributed by atoms with Crippen LogP contribution in [-0.4, -0.2) is 14.5 Å². The largest absolute Gasteiger partial charge is 0.278 e. The second-order valence-electron chi connectivity index (χ2n) is 4.39.